The van der Waals surface area contributed by atoms with Gasteiger partial charge in [0.05, 0.1) is 6.04 Å². The van der Waals surface area contributed by atoms with E-state index in [4.69, 9.17) is 4.42 Å². The maximum absolute atomic E-state index is 5.85. The van der Waals surface area contributed by atoms with Gasteiger partial charge in [-0.25, -0.2) is 0 Å². The second-order valence-corrected chi connectivity index (χ2v) is 5.91. The molecule has 2 aromatic rings. The van der Waals surface area contributed by atoms with Crippen molar-refractivity contribution in [1.82, 2.24) is 15.5 Å². The van der Waals surface area contributed by atoms with Crippen LogP contribution in [-0.4, -0.2) is 29.3 Å². The molecule has 2 atom stereocenters. The fourth-order valence-electron chi connectivity index (χ4n) is 3.04. The summed E-state index contributed by atoms with van der Waals surface area (Å²) in [6.45, 7) is 6.29. The lowest BCUT2D eigenvalue weighted by Gasteiger charge is -2.34. The molecule has 118 valence electrons. The molecule has 0 aromatic carbocycles. The molecule has 3 heterocycles. The summed E-state index contributed by atoms with van der Waals surface area (Å²) < 4.78 is 5.85. The minimum atomic E-state index is 0.229. The highest BCUT2D eigenvalue weighted by atomic mass is 16.3. The summed E-state index contributed by atoms with van der Waals surface area (Å²) in [6.07, 6.45) is 5.01. The summed E-state index contributed by atoms with van der Waals surface area (Å²) in [5, 5.41) is 11.9. The van der Waals surface area contributed by atoms with Crippen LogP contribution in [0.25, 0.3) is 0 Å². The largest absolute Gasteiger partial charge is 0.464 e. The standard InChI is InChI=1S/C17H24N4O/c1-3-15-8-9-16(22-15)13(2)19-14-6-5-11-21(12-14)17-7-4-10-18-20-17/h4,7-10,13-14,19H,3,5-6,11-12H2,1-2H3. The first kappa shape index (κ1) is 15.0. The van der Waals surface area contributed by atoms with Crippen LogP contribution >= 0.6 is 0 Å². The molecule has 5 nitrogen and oxygen atoms in total. The number of nitrogens with zero attached hydrogens (tertiary/aromatic N) is 3. The molecule has 3 rings (SSSR count). The number of anilines is 1. The van der Waals surface area contributed by atoms with Crippen LogP contribution in [0.5, 0.6) is 0 Å². The highest BCUT2D eigenvalue weighted by Gasteiger charge is 2.23. The second kappa shape index (κ2) is 6.92. The van der Waals surface area contributed by atoms with Crippen molar-refractivity contribution in [3.05, 3.63) is 42.0 Å². The van der Waals surface area contributed by atoms with E-state index in [1.54, 1.807) is 6.20 Å². The van der Waals surface area contributed by atoms with E-state index in [-0.39, 0.29) is 6.04 Å². The highest BCUT2D eigenvalue weighted by molar-refractivity contribution is 5.37. The van der Waals surface area contributed by atoms with Gasteiger partial charge in [-0.3, -0.25) is 0 Å². The zero-order chi connectivity index (χ0) is 15.4. The van der Waals surface area contributed by atoms with E-state index in [9.17, 15) is 0 Å². The molecule has 0 radical (unpaired) electrons. The third-order valence-corrected chi connectivity index (χ3v) is 4.25. The Kier molecular flexibility index (Phi) is 4.73. The number of hydrogen-bond acceptors (Lipinski definition) is 5. The van der Waals surface area contributed by atoms with Crippen LogP contribution in [0.1, 0.15) is 44.3 Å². The van der Waals surface area contributed by atoms with Crippen LogP contribution in [0.4, 0.5) is 5.82 Å². The van der Waals surface area contributed by atoms with Crippen LogP contribution < -0.4 is 10.2 Å². The maximum atomic E-state index is 5.85. The van der Waals surface area contributed by atoms with Crippen molar-refractivity contribution in [1.29, 1.82) is 0 Å². The second-order valence-electron chi connectivity index (χ2n) is 5.91. The number of aryl methyl sites for hydroxylation is 1. The number of furan rings is 1. The Morgan fingerprint density at radius 1 is 1.41 bits per heavy atom. The van der Waals surface area contributed by atoms with Crippen molar-refractivity contribution in [2.24, 2.45) is 0 Å². The lowest BCUT2D eigenvalue weighted by Crippen LogP contribution is -2.46. The fourth-order valence-corrected chi connectivity index (χ4v) is 3.04. The molecule has 1 fully saturated rings. The Morgan fingerprint density at radius 3 is 3.05 bits per heavy atom. The lowest BCUT2D eigenvalue weighted by molar-refractivity contribution is 0.345. The molecule has 2 unspecified atom stereocenters. The molecular weight excluding hydrogens is 276 g/mol. The van der Waals surface area contributed by atoms with Crippen LogP contribution in [0.2, 0.25) is 0 Å². The van der Waals surface area contributed by atoms with E-state index in [2.05, 4.69) is 46.4 Å². The quantitative estimate of drug-likeness (QED) is 0.920. The third-order valence-electron chi connectivity index (χ3n) is 4.25. The van der Waals surface area contributed by atoms with Crippen molar-refractivity contribution in [3.63, 3.8) is 0 Å². The van der Waals surface area contributed by atoms with Gasteiger partial charge in [0.25, 0.3) is 0 Å². The van der Waals surface area contributed by atoms with Crippen molar-refractivity contribution in [2.45, 2.75) is 45.2 Å². The molecule has 0 saturated carbocycles. The van der Waals surface area contributed by atoms with E-state index in [1.165, 1.54) is 12.8 Å². The van der Waals surface area contributed by atoms with Crippen molar-refractivity contribution < 1.29 is 4.42 Å². The monoisotopic (exact) mass is 300 g/mol. The highest BCUT2D eigenvalue weighted by Crippen LogP contribution is 2.21. The normalized spacial score (nSPS) is 20.1. The molecule has 22 heavy (non-hydrogen) atoms. The van der Waals surface area contributed by atoms with Gasteiger partial charge in [0.15, 0.2) is 5.82 Å². The van der Waals surface area contributed by atoms with Crippen molar-refractivity contribution in [2.75, 3.05) is 18.0 Å². The zero-order valence-electron chi connectivity index (χ0n) is 13.3. The van der Waals surface area contributed by atoms with Gasteiger partial charge in [-0.05, 0) is 44.0 Å². The Bertz CT molecular complexity index is 583. The van der Waals surface area contributed by atoms with Gasteiger partial charge in [-0.15, -0.1) is 5.10 Å². The maximum Gasteiger partial charge on any atom is 0.151 e. The van der Waals surface area contributed by atoms with E-state index in [1.807, 2.05) is 12.1 Å². The van der Waals surface area contributed by atoms with Gasteiger partial charge < -0.3 is 14.6 Å². The van der Waals surface area contributed by atoms with Crippen LogP contribution in [0.15, 0.2) is 34.9 Å². The van der Waals surface area contributed by atoms with Crippen molar-refractivity contribution >= 4 is 5.82 Å². The molecular formula is C17H24N4O. The molecule has 1 N–H and O–H groups in total. The molecule has 0 bridgehead atoms. The van der Waals surface area contributed by atoms with Crippen LogP contribution in [0.3, 0.4) is 0 Å². The lowest BCUT2D eigenvalue weighted by atomic mass is 10.0. The first-order valence-electron chi connectivity index (χ1n) is 8.13. The smallest absolute Gasteiger partial charge is 0.151 e. The Labute approximate surface area is 131 Å². The number of hydrogen-bond donors (Lipinski definition) is 1. The van der Waals surface area contributed by atoms with E-state index in [0.717, 1.165) is 36.8 Å². The minimum Gasteiger partial charge on any atom is -0.464 e. The van der Waals surface area contributed by atoms with Gasteiger partial charge in [0.1, 0.15) is 11.5 Å². The van der Waals surface area contributed by atoms with E-state index >= 15 is 0 Å². The first-order valence-corrected chi connectivity index (χ1v) is 8.13. The minimum absolute atomic E-state index is 0.229. The summed E-state index contributed by atoms with van der Waals surface area (Å²) in [7, 11) is 0. The average molecular weight is 300 g/mol. The summed E-state index contributed by atoms with van der Waals surface area (Å²) in [5.41, 5.74) is 0. The van der Waals surface area contributed by atoms with Gasteiger partial charge >= 0.3 is 0 Å². The van der Waals surface area contributed by atoms with Crippen molar-refractivity contribution in [3.8, 4) is 0 Å². The SMILES string of the molecule is CCc1ccc(C(C)NC2CCCN(c3cccnn3)C2)o1. The summed E-state index contributed by atoms with van der Waals surface area (Å²) in [4.78, 5) is 2.31. The molecule has 0 spiro atoms. The van der Waals surface area contributed by atoms with Crippen LogP contribution in [-0.2, 0) is 6.42 Å². The predicted molar refractivity (Wildman–Crippen MR) is 86.9 cm³/mol. The zero-order valence-corrected chi connectivity index (χ0v) is 13.3. The summed E-state index contributed by atoms with van der Waals surface area (Å²) >= 11 is 0. The molecule has 0 aliphatic carbocycles. The first-order chi connectivity index (χ1) is 10.8. The number of piperidine rings is 1. The number of rotatable bonds is 5. The predicted octanol–water partition coefficient (Wildman–Crippen LogP) is 2.95. The van der Waals surface area contributed by atoms with Gasteiger partial charge in [-0.2, -0.15) is 5.10 Å². The number of nitrogens with one attached hydrogen (secondary N) is 1. The molecule has 1 saturated heterocycles. The van der Waals surface area contributed by atoms with Gasteiger partial charge in [0.2, 0.25) is 0 Å². The fraction of sp³-hybridized carbons (Fsp3) is 0.529. The van der Waals surface area contributed by atoms with E-state index < -0.39 is 0 Å². The summed E-state index contributed by atoms with van der Waals surface area (Å²) in [5.74, 6) is 3.04. The number of aromatic nitrogens is 2. The van der Waals surface area contributed by atoms with E-state index in [0.29, 0.717) is 6.04 Å². The molecule has 5 heteroatoms. The summed E-state index contributed by atoms with van der Waals surface area (Å²) in [6, 6.07) is 8.80. The molecule has 1 aliphatic rings. The molecule has 2 aromatic heterocycles. The van der Waals surface area contributed by atoms with Gasteiger partial charge in [-0.1, -0.05) is 6.92 Å². The third kappa shape index (κ3) is 3.47. The Morgan fingerprint density at radius 2 is 2.32 bits per heavy atom. The van der Waals surface area contributed by atoms with Gasteiger partial charge in [0, 0.05) is 31.7 Å². The van der Waals surface area contributed by atoms with Crippen LogP contribution in [0, 0.1) is 0 Å². The average Bonchev–Trinajstić information content (AvgIpc) is 3.05. The molecule has 1 aliphatic heterocycles. The molecule has 0 amide bonds. The topological polar surface area (TPSA) is 54.2 Å². The Balaban J connectivity index is 1.60. The Hall–Kier alpha value is -1.88.